The molecule has 2 aromatic carbocycles. The summed E-state index contributed by atoms with van der Waals surface area (Å²) in [5.74, 6) is -0.765. The Morgan fingerprint density at radius 3 is 2.29 bits per heavy atom. The van der Waals surface area contributed by atoms with Gasteiger partial charge in [0.15, 0.2) is 5.75 Å². The molecule has 164 valence electrons. The van der Waals surface area contributed by atoms with Crippen molar-refractivity contribution in [3.8, 4) is 16.9 Å². The smallest absolute Gasteiger partial charge is 0.406 e. The number of rotatable bonds is 4. The normalized spacial score (nSPS) is 12.0. The number of benzene rings is 2. The van der Waals surface area contributed by atoms with Gasteiger partial charge in [0.25, 0.3) is 0 Å². The molecule has 0 spiro atoms. The predicted octanol–water partition coefficient (Wildman–Crippen LogP) is 6.33. The third-order valence-electron chi connectivity index (χ3n) is 3.83. The van der Waals surface area contributed by atoms with Crippen LogP contribution in [0.5, 0.6) is 5.75 Å². The maximum absolute atomic E-state index is 13.0. The highest BCUT2D eigenvalue weighted by Crippen LogP contribution is 2.38. The molecule has 0 aliphatic carbocycles. The van der Waals surface area contributed by atoms with E-state index in [0.29, 0.717) is 11.1 Å². The zero-order valence-corrected chi connectivity index (χ0v) is 16.4. The van der Waals surface area contributed by atoms with Gasteiger partial charge in [-0.1, -0.05) is 30.3 Å². The fraction of sp³-hybridized carbons (Fsp3) is 0.158. The fourth-order valence-corrected chi connectivity index (χ4v) is 3.19. The van der Waals surface area contributed by atoms with E-state index < -0.39 is 29.2 Å². The van der Waals surface area contributed by atoms with Crippen molar-refractivity contribution in [3.63, 3.8) is 0 Å². The first kappa shape index (κ1) is 22.5. The largest absolute Gasteiger partial charge is 0.446 e. The van der Waals surface area contributed by atoms with E-state index in [1.807, 2.05) is 0 Å². The summed E-state index contributed by atoms with van der Waals surface area (Å²) in [5.41, 5.74) is -4.66. The molecule has 0 aliphatic rings. The van der Waals surface area contributed by atoms with Gasteiger partial charge in [-0.3, -0.25) is 10.00 Å². The van der Waals surface area contributed by atoms with Crippen LogP contribution in [0.3, 0.4) is 0 Å². The highest BCUT2D eigenvalue weighted by molar-refractivity contribution is 8.00. The van der Waals surface area contributed by atoms with Crippen LogP contribution in [0.25, 0.3) is 11.1 Å². The number of aryl methyl sites for hydroxylation is 1. The molecule has 31 heavy (non-hydrogen) atoms. The summed E-state index contributed by atoms with van der Waals surface area (Å²) in [6.07, 6.45) is -5.09. The minimum atomic E-state index is -4.81. The Bertz CT molecular complexity index is 1080. The van der Waals surface area contributed by atoms with Crippen LogP contribution in [0.2, 0.25) is 0 Å². The highest BCUT2D eigenvalue weighted by Gasteiger charge is 2.39. The van der Waals surface area contributed by atoms with Crippen LogP contribution in [-0.4, -0.2) is 21.4 Å². The molecule has 1 heterocycles. The number of aromatic nitrogens is 2. The molecule has 0 unspecified atom stereocenters. The van der Waals surface area contributed by atoms with Crippen molar-refractivity contribution in [1.82, 2.24) is 9.78 Å². The lowest BCUT2D eigenvalue weighted by Gasteiger charge is -2.12. The van der Waals surface area contributed by atoms with Crippen LogP contribution in [0.1, 0.15) is 5.69 Å². The number of halogens is 6. The van der Waals surface area contributed by atoms with Crippen molar-refractivity contribution in [2.24, 2.45) is 7.05 Å². The summed E-state index contributed by atoms with van der Waals surface area (Å²) >= 11 is -0.264. The molecule has 3 aromatic rings. The van der Waals surface area contributed by atoms with E-state index in [4.69, 9.17) is 4.74 Å². The van der Waals surface area contributed by atoms with Crippen molar-refractivity contribution in [2.45, 2.75) is 16.6 Å². The Balaban J connectivity index is 1.79. The van der Waals surface area contributed by atoms with Gasteiger partial charge in [-0.2, -0.15) is 31.4 Å². The predicted molar refractivity (Wildman–Crippen MR) is 102 cm³/mol. The third kappa shape index (κ3) is 5.94. The topological polar surface area (TPSA) is 56.1 Å². The van der Waals surface area contributed by atoms with Gasteiger partial charge in [-0.05, 0) is 35.5 Å². The second kappa shape index (κ2) is 8.53. The number of nitrogens with one attached hydrogen (secondary N) is 1. The molecule has 0 radical (unpaired) electrons. The van der Waals surface area contributed by atoms with Gasteiger partial charge in [0.1, 0.15) is 0 Å². The molecule has 0 fully saturated rings. The maximum Gasteiger partial charge on any atom is 0.446 e. The van der Waals surface area contributed by atoms with Crippen LogP contribution in [0.4, 0.5) is 36.8 Å². The van der Waals surface area contributed by atoms with E-state index in [2.05, 4.69) is 10.4 Å². The minimum Gasteiger partial charge on any atom is -0.406 e. The molecule has 1 aromatic heterocycles. The molecule has 0 aliphatic heterocycles. The zero-order chi connectivity index (χ0) is 22.8. The molecule has 0 saturated carbocycles. The van der Waals surface area contributed by atoms with E-state index in [0.717, 1.165) is 10.9 Å². The Kier molecular flexibility index (Phi) is 6.20. The van der Waals surface area contributed by atoms with Gasteiger partial charge >= 0.3 is 17.8 Å². The molecule has 5 nitrogen and oxygen atoms in total. The first-order valence-corrected chi connectivity index (χ1v) is 9.29. The number of carbonyl (C=O) groups is 1. The van der Waals surface area contributed by atoms with E-state index >= 15 is 0 Å². The molecule has 0 atom stereocenters. The maximum atomic E-state index is 13.0. The molecule has 12 heteroatoms. The Hall–Kier alpha value is -3.15. The molecular formula is C19H13F6N3O2S. The van der Waals surface area contributed by atoms with Crippen LogP contribution < -0.4 is 10.1 Å². The Morgan fingerprint density at radius 2 is 1.68 bits per heavy atom. The summed E-state index contributed by atoms with van der Waals surface area (Å²) < 4.78 is 82.1. The summed E-state index contributed by atoms with van der Waals surface area (Å²) in [7, 11) is 1.25. The van der Waals surface area contributed by atoms with E-state index in [9.17, 15) is 31.1 Å². The van der Waals surface area contributed by atoms with E-state index in [1.165, 1.54) is 37.4 Å². The standard InChI is InChI=1S/C19H13F6N3O2S/c1-28-10-15(16(27-28)18(20,21)22)30-17(29)26-14-5-3-2-4-13(14)11-6-8-12(9-7-11)31-19(23,24)25/h2-10H,1H3,(H,26,29). The number of ether oxygens (including phenoxy) is 1. The van der Waals surface area contributed by atoms with Gasteiger partial charge in [0, 0.05) is 17.5 Å². The number of thioether (sulfide) groups is 1. The molecular weight excluding hydrogens is 448 g/mol. The number of alkyl halides is 6. The monoisotopic (exact) mass is 461 g/mol. The number of amides is 1. The molecule has 0 saturated heterocycles. The van der Waals surface area contributed by atoms with Crippen LogP contribution >= 0.6 is 11.8 Å². The number of carbonyl (C=O) groups excluding carboxylic acids is 1. The lowest BCUT2D eigenvalue weighted by Crippen LogP contribution is -2.19. The SMILES string of the molecule is Cn1cc(OC(=O)Nc2ccccc2-c2ccc(SC(F)(F)F)cc2)c(C(F)(F)F)n1. The van der Waals surface area contributed by atoms with Crippen molar-refractivity contribution >= 4 is 23.5 Å². The van der Waals surface area contributed by atoms with Gasteiger partial charge < -0.3 is 4.74 Å². The van der Waals surface area contributed by atoms with Crippen LogP contribution in [0, 0.1) is 0 Å². The molecule has 1 N–H and O–H groups in total. The number of anilines is 1. The summed E-state index contributed by atoms with van der Waals surface area (Å²) in [5, 5.41) is 5.59. The Labute approximate surface area is 176 Å². The van der Waals surface area contributed by atoms with Crippen LogP contribution in [-0.2, 0) is 13.2 Å². The van der Waals surface area contributed by atoms with Gasteiger partial charge in [-0.25, -0.2) is 4.79 Å². The van der Waals surface area contributed by atoms with E-state index in [1.54, 1.807) is 18.2 Å². The highest BCUT2D eigenvalue weighted by atomic mass is 32.2. The summed E-state index contributed by atoms with van der Waals surface area (Å²) in [4.78, 5) is 12.2. The van der Waals surface area contributed by atoms with Crippen molar-refractivity contribution in [2.75, 3.05) is 5.32 Å². The molecule has 3 rings (SSSR count). The van der Waals surface area contributed by atoms with Crippen molar-refractivity contribution < 1.29 is 35.9 Å². The summed E-state index contributed by atoms with van der Waals surface area (Å²) in [6, 6.07) is 11.7. The average molecular weight is 461 g/mol. The number of hydrogen-bond donors (Lipinski definition) is 1. The first-order chi connectivity index (χ1) is 14.4. The second-order valence-corrected chi connectivity index (χ2v) is 7.28. The summed E-state index contributed by atoms with van der Waals surface area (Å²) in [6.45, 7) is 0. The third-order valence-corrected chi connectivity index (χ3v) is 4.57. The number of hydrogen-bond acceptors (Lipinski definition) is 4. The minimum absolute atomic E-state index is 0.0163. The van der Waals surface area contributed by atoms with Crippen molar-refractivity contribution in [1.29, 1.82) is 0 Å². The quantitative estimate of drug-likeness (QED) is 0.365. The Morgan fingerprint density at radius 1 is 1.03 bits per heavy atom. The lowest BCUT2D eigenvalue weighted by atomic mass is 10.0. The zero-order valence-electron chi connectivity index (χ0n) is 15.6. The van der Waals surface area contributed by atoms with Crippen molar-refractivity contribution in [3.05, 3.63) is 60.4 Å². The fourth-order valence-electron chi connectivity index (χ4n) is 2.65. The molecule has 0 bridgehead atoms. The average Bonchev–Trinajstić information content (AvgIpc) is 3.02. The van der Waals surface area contributed by atoms with E-state index in [-0.39, 0.29) is 22.3 Å². The van der Waals surface area contributed by atoms with Crippen LogP contribution in [0.15, 0.2) is 59.6 Å². The number of para-hydroxylation sites is 1. The lowest BCUT2D eigenvalue weighted by molar-refractivity contribution is -0.142. The second-order valence-electron chi connectivity index (χ2n) is 6.15. The van der Waals surface area contributed by atoms with Gasteiger partial charge in [0.2, 0.25) is 5.69 Å². The number of nitrogens with zero attached hydrogens (tertiary/aromatic N) is 2. The molecule has 1 amide bonds. The van der Waals surface area contributed by atoms with Gasteiger partial charge in [0.05, 0.1) is 11.9 Å². The first-order valence-electron chi connectivity index (χ1n) is 8.47. The van der Waals surface area contributed by atoms with Gasteiger partial charge in [-0.15, -0.1) is 0 Å².